The maximum atomic E-state index is 12.2. The molecular weight excluding hydrogens is 308 g/mol. The van der Waals surface area contributed by atoms with Crippen LogP contribution in [-0.4, -0.2) is 37.1 Å². The molecule has 0 saturated carbocycles. The number of rotatable bonds is 6. The molecule has 0 bridgehead atoms. The molecule has 2 aliphatic heterocycles. The van der Waals surface area contributed by atoms with Gasteiger partial charge in [-0.25, -0.2) is 9.98 Å². The van der Waals surface area contributed by atoms with Gasteiger partial charge < -0.3 is 20.9 Å². The third-order valence-corrected chi connectivity index (χ3v) is 4.42. The number of primary amides is 1. The zero-order valence-corrected chi connectivity index (χ0v) is 13.7. The standard InChI is InChI=1S/C17H22N4O3/c1-2-14-21-17(10-24-14,15(18)22)13-6-4-3-5-11(13)7-8-12-9-23-16(19)20-12/h3-6,12H,2,7-10H2,1H3,(H2,18,22)(H2,19,20). The zero-order chi connectivity index (χ0) is 17.2. The minimum atomic E-state index is -1.14. The van der Waals surface area contributed by atoms with Crippen LogP contribution in [0, 0.1) is 0 Å². The van der Waals surface area contributed by atoms with Gasteiger partial charge in [0.15, 0.2) is 5.90 Å². The van der Waals surface area contributed by atoms with Gasteiger partial charge in [-0.3, -0.25) is 4.79 Å². The minimum absolute atomic E-state index is 0.0390. The highest BCUT2D eigenvalue weighted by Gasteiger charge is 2.45. The number of ether oxygens (including phenoxy) is 2. The van der Waals surface area contributed by atoms with E-state index >= 15 is 0 Å². The van der Waals surface area contributed by atoms with Crippen LogP contribution in [0.3, 0.4) is 0 Å². The number of aryl methyl sites for hydroxylation is 1. The summed E-state index contributed by atoms with van der Waals surface area (Å²) in [4.78, 5) is 21.0. The molecule has 2 heterocycles. The summed E-state index contributed by atoms with van der Waals surface area (Å²) < 4.78 is 10.8. The van der Waals surface area contributed by atoms with Gasteiger partial charge in [0.1, 0.15) is 13.2 Å². The number of nitrogens with zero attached hydrogens (tertiary/aromatic N) is 2. The summed E-state index contributed by atoms with van der Waals surface area (Å²) in [5, 5.41) is 0. The predicted octanol–water partition coefficient (Wildman–Crippen LogP) is 0.852. The first-order valence-corrected chi connectivity index (χ1v) is 8.11. The molecule has 2 atom stereocenters. The van der Waals surface area contributed by atoms with Crippen LogP contribution in [0.5, 0.6) is 0 Å². The fraction of sp³-hybridized carbons (Fsp3) is 0.471. The Bertz CT molecular complexity index is 701. The second-order valence-electron chi connectivity index (χ2n) is 6.00. The summed E-state index contributed by atoms with van der Waals surface area (Å²) in [7, 11) is 0. The number of amides is 1. The monoisotopic (exact) mass is 330 g/mol. The van der Waals surface area contributed by atoms with E-state index in [-0.39, 0.29) is 18.7 Å². The smallest absolute Gasteiger partial charge is 0.282 e. The van der Waals surface area contributed by atoms with E-state index in [4.69, 9.17) is 20.9 Å². The SMILES string of the molecule is CCC1=NC(C(N)=O)(c2ccccc2CCC2COC(N)=N2)CO1. The second kappa shape index (κ2) is 6.51. The van der Waals surface area contributed by atoms with Crippen molar-refractivity contribution in [2.24, 2.45) is 21.5 Å². The van der Waals surface area contributed by atoms with E-state index in [9.17, 15) is 4.79 Å². The molecule has 7 nitrogen and oxygen atoms in total. The third kappa shape index (κ3) is 2.93. The van der Waals surface area contributed by atoms with Crippen LogP contribution >= 0.6 is 0 Å². The Morgan fingerprint density at radius 2 is 2.17 bits per heavy atom. The Labute approximate surface area is 140 Å². The van der Waals surface area contributed by atoms with Crippen LogP contribution in [0.2, 0.25) is 0 Å². The number of carbonyl (C=O) groups is 1. The van der Waals surface area contributed by atoms with Gasteiger partial charge in [0.05, 0.1) is 6.04 Å². The van der Waals surface area contributed by atoms with Crippen LogP contribution in [0.4, 0.5) is 0 Å². The van der Waals surface area contributed by atoms with E-state index < -0.39 is 11.4 Å². The normalized spacial score (nSPS) is 25.6. The molecule has 1 aromatic carbocycles. The molecule has 0 radical (unpaired) electrons. The maximum Gasteiger partial charge on any atom is 0.282 e. The van der Waals surface area contributed by atoms with Crippen molar-refractivity contribution in [3.8, 4) is 0 Å². The predicted molar refractivity (Wildman–Crippen MR) is 90.7 cm³/mol. The third-order valence-electron chi connectivity index (χ3n) is 4.42. The second-order valence-corrected chi connectivity index (χ2v) is 6.00. The summed E-state index contributed by atoms with van der Waals surface area (Å²) in [6, 6.07) is 7.99. The highest BCUT2D eigenvalue weighted by atomic mass is 16.5. The van der Waals surface area contributed by atoms with Crippen LogP contribution in [0.25, 0.3) is 0 Å². The quantitative estimate of drug-likeness (QED) is 0.805. The van der Waals surface area contributed by atoms with Gasteiger partial charge in [0.2, 0.25) is 5.54 Å². The summed E-state index contributed by atoms with van der Waals surface area (Å²) in [6.07, 6.45) is 2.13. The van der Waals surface area contributed by atoms with Crippen molar-refractivity contribution in [2.75, 3.05) is 13.2 Å². The molecule has 2 unspecified atom stereocenters. The van der Waals surface area contributed by atoms with Crippen molar-refractivity contribution < 1.29 is 14.3 Å². The Balaban J connectivity index is 1.88. The van der Waals surface area contributed by atoms with Crippen molar-refractivity contribution in [1.82, 2.24) is 0 Å². The molecule has 0 aliphatic carbocycles. The van der Waals surface area contributed by atoms with E-state index in [0.29, 0.717) is 18.9 Å². The lowest BCUT2D eigenvalue weighted by molar-refractivity contribution is -0.123. The molecule has 1 amide bonds. The van der Waals surface area contributed by atoms with E-state index in [2.05, 4.69) is 9.98 Å². The average Bonchev–Trinajstić information content (AvgIpc) is 3.20. The van der Waals surface area contributed by atoms with Gasteiger partial charge in [0.25, 0.3) is 11.9 Å². The van der Waals surface area contributed by atoms with Crippen molar-refractivity contribution in [1.29, 1.82) is 0 Å². The van der Waals surface area contributed by atoms with E-state index in [0.717, 1.165) is 24.0 Å². The van der Waals surface area contributed by atoms with Crippen molar-refractivity contribution >= 4 is 17.8 Å². The van der Waals surface area contributed by atoms with Gasteiger partial charge in [-0.2, -0.15) is 0 Å². The van der Waals surface area contributed by atoms with Gasteiger partial charge in [-0.05, 0) is 24.0 Å². The first-order chi connectivity index (χ1) is 11.5. The van der Waals surface area contributed by atoms with Gasteiger partial charge >= 0.3 is 0 Å². The van der Waals surface area contributed by atoms with Crippen LogP contribution < -0.4 is 11.5 Å². The number of aliphatic imine (C=N–C) groups is 2. The maximum absolute atomic E-state index is 12.2. The van der Waals surface area contributed by atoms with Crippen LogP contribution in [0.1, 0.15) is 30.9 Å². The summed E-state index contributed by atoms with van der Waals surface area (Å²) in [6.45, 7) is 2.58. The first-order valence-electron chi connectivity index (χ1n) is 8.11. The number of carbonyl (C=O) groups excluding carboxylic acids is 1. The lowest BCUT2D eigenvalue weighted by Crippen LogP contribution is -2.41. The van der Waals surface area contributed by atoms with Gasteiger partial charge in [0, 0.05) is 6.42 Å². The van der Waals surface area contributed by atoms with Crippen molar-refractivity contribution in [3.63, 3.8) is 0 Å². The lowest BCUT2D eigenvalue weighted by Gasteiger charge is -2.24. The molecule has 0 spiro atoms. The Kier molecular flexibility index (Phi) is 4.42. The van der Waals surface area contributed by atoms with E-state index in [1.165, 1.54) is 0 Å². The minimum Gasteiger partial charge on any atom is -0.477 e. The highest BCUT2D eigenvalue weighted by Crippen LogP contribution is 2.34. The van der Waals surface area contributed by atoms with E-state index in [1.54, 1.807) is 0 Å². The topological polar surface area (TPSA) is 112 Å². The molecule has 4 N–H and O–H groups in total. The molecule has 7 heteroatoms. The number of benzene rings is 1. The number of hydrogen-bond acceptors (Lipinski definition) is 6. The molecule has 0 fully saturated rings. The molecular formula is C17H22N4O3. The fourth-order valence-electron chi connectivity index (χ4n) is 3.09. The number of hydrogen-bond donors (Lipinski definition) is 2. The summed E-state index contributed by atoms with van der Waals surface area (Å²) in [5.41, 5.74) is 11.9. The first kappa shape index (κ1) is 16.3. The Hall–Kier alpha value is -2.57. The van der Waals surface area contributed by atoms with Gasteiger partial charge in [-0.15, -0.1) is 0 Å². The molecule has 0 aromatic heterocycles. The highest BCUT2D eigenvalue weighted by molar-refractivity contribution is 5.92. The van der Waals surface area contributed by atoms with Crippen LogP contribution in [0.15, 0.2) is 34.3 Å². The van der Waals surface area contributed by atoms with E-state index in [1.807, 2.05) is 31.2 Å². The lowest BCUT2D eigenvalue weighted by atomic mass is 9.85. The van der Waals surface area contributed by atoms with Crippen LogP contribution in [-0.2, 0) is 26.2 Å². The molecule has 2 aliphatic rings. The molecule has 0 saturated heterocycles. The fourth-order valence-corrected chi connectivity index (χ4v) is 3.09. The Morgan fingerprint density at radius 3 is 2.79 bits per heavy atom. The molecule has 128 valence electrons. The van der Waals surface area contributed by atoms with Gasteiger partial charge in [-0.1, -0.05) is 31.2 Å². The number of amidine groups is 1. The largest absolute Gasteiger partial charge is 0.477 e. The molecule has 24 heavy (non-hydrogen) atoms. The summed E-state index contributed by atoms with van der Waals surface area (Å²) >= 11 is 0. The molecule has 1 aromatic rings. The summed E-state index contributed by atoms with van der Waals surface area (Å²) in [5.74, 6) is 0.0648. The molecule has 3 rings (SSSR count). The van der Waals surface area contributed by atoms with Crippen molar-refractivity contribution in [3.05, 3.63) is 35.4 Å². The average molecular weight is 330 g/mol. The Morgan fingerprint density at radius 1 is 1.38 bits per heavy atom. The van der Waals surface area contributed by atoms with Crippen molar-refractivity contribution in [2.45, 2.75) is 37.8 Å². The zero-order valence-electron chi connectivity index (χ0n) is 13.7. The number of nitrogens with two attached hydrogens (primary N) is 2.